The average molecular weight is 1240 g/mol. The summed E-state index contributed by atoms with van der Waals surface area (Å²) < 4.78 is 39.2. The first kappa shape index (κ1) is 68.1. The second-order valence-corrected chi connectivity index (χ2v) is 23.4. The number of carbonyl (C=O) groups is 6. The number of carbonyl (C=O) groups excluding carboxylic acids is 4. The number of phenols is 2. The highest BCUT2D eigenvalue weighted by Gasteiger charge is 2.29. The highest BCUT2D eigenvalue weighted by molar-refractivity contribution is 5.92. The Morgan fingerprint density at radius 3 is 0.769 bits per heavy atom. The molecule has 0 saturated carbocycles. The van der Waals surface area contributed by atoms with Crippen LogP contribution in [0.2, 0.25) is 0 Å². The summed E-state index contributed by atoms with van der Waals surface area (Å²) >= 11 is 0. The molecule has 1 aliphatic rings. The fraction of sp³-hybridized carbons (Fsp3) is 0.270. The Morgan fingerprint density at radius 1 is 0.363 bits per heavy atom. The van der Waals surface area contributed by atoms with Gasteiger partial charge in [0.25, 0.3) is 0 Å². The van der Waals surface area contributed by atoms with E-state index in [9.17, 15) is 39.0 Å². The van der Waals surface area contributed by atoms with E-state index in [1.807, 2.05) is 27.7 Å². The predicted molar refractivity (Wildman–Crippen MR) is 343 cm³/mol. The predicted octanol–water partition coefficient (Wildman–Crippen LogP) is 16.5. The number of esters is 4. The molecule has 17 heteroatoms. The van der Waals surface area contributed by atoms with E-state index in [2.05, 4.69) is 109 Å². The lowest BCUT2D eigenvalue weighted by Gasteiger charge is -2.29. The first-order chi connectivity index (χ1) is 42.9. The third-order valence-corrected chi connectivity index (χ3v) is 15.2. The van der Waals surface area contributed by atoms with Crippen molar-refractivity contribution < 1.29 is 82.4 Å². The summed E-state index contributed by atoms with van der Waals surface area (Å²) in [5.74, 6) is 2.54. The van der Waals surface area contributed by atoms with Crippen LogP contribution < -0.4 is 28.4 Å². The van der Waals surface area contributed by atoms with Crippen LogP contribution in [0.1, 0.15) is 133 Å². The quantitative estimate of drug-likeness (QED) is 0.0315. The van der Waals surface area contributed by atoms with Gasteiger partial charge in [0, 0.05) is 10.8 Å². The Kier molecular flexibility index (Phi) is 22.2. The summed E-state index contributed by atoms with van der Waals surface area (Å²) in [4.78, 5) is 65.1. The van der Waals surface area contributed by atoms with Crippen LogP contribution in [-0.2, 0) is 44.3 Å². The summed E-state index contributed by atoms with van der Waals surface area (Å²) in [6.07, 6.45) is -0.464. The molecular formula is C74H76O17. The molecule has 0 amide bonds. The van der Waals surface area contributed by atoms with Crippen molar-refractivity contribution in [2.24, 2.45) is 0 Å². The minimum absolute atomic E-state index is 0.206. The molecule has 0 unspecified atom stereocenters. The number of benzene rings is 8. The Hall–Kier alpha value is -10.4. The number of rotatable bonds is 20. The van der Waals surface area contributed by atoms with Crippen molar-refractivity contribution in [2.75, 3.05) is 0 Å². The Bertz CT molecular complexity index is 3620. The van der Waals surface area contributed by atoms with Gasteiger partial charge in [0.2, 0.25) is 0 Å². The molecule has 8 aromatic rings. The number of ether oxygens (including phenoxy) is 7. The molecule has 8 aromatic carbocycles. The maximum atomic E-state index is 11.8. The zero-order valence-corrected chi connectivity index (χ0v) is 53.2. The van der Waals surface area contributed by atoms with Gasteiger partial charge in [-0.05, 0) is 219 Å². The number of aryl methyl sites for hydroxylation is 8. The number of aromatic hydroxyl groups is 2. The SMILES string of the molecule is Cc1cc(C(C)(C)c2cc(C)c(Oc3ccc(O)cc3)c(C)c2)cc(C)c1Oc1ccc(O)cc1.Cc1cc(C(C)(C)c2cc(C)c(Oc3ccc(OC(=O)CCC(=O)O)cc3)c(C)c2)cc(C)c1Oc1ccc(OC(=O)CCC(=O)O)cc1.O=C1CCC(=O)O1. The third kappa shape index (κ3) is 18.6. The molecule has 1 saturated heterocycles. The van der Waals surface area contributed by atoms with Crippen molar-refractivity contribution in [3.63, 3.8) is 0 Å². The molecule has 1 heterocycles. The average Bonchev–Trinajstić information content (AvgIpc) is 0.963. The van der Waals surface area contributed by atoms with Gasteiger partial charge in [-0.1, -0.05) is 76.2 Å². The minimum Gasteiger partial charge on any atom is -0.508 e. The molecule has 474 valence electrons. The summed E-state index contributed by atoms with van der Waals surface area (Å²) in [5.41, 5.74) is 12.1. The second kappa shape index (κ2) is 29.7. The summed E-state index contributed by atoms with van der Waals surface area (Å²) in [7, 11) is 0. The van der Waals surface area contributed by atoms with Crippen LogP contribution in [0.4, 0.5) is 0 Å². The molecule has 9 rings (SSSR count). The topological polar surface area (TPSA) is 248 Å². The number of carboxylic acid groups (broad SMARTS) is 2. The standard InChI is InChI=1S/C39H40O10.C31H32O4.C4H4O3/c1-23-19-27(20-24(2)37(23)48-31-11-7-29(8-12-31)46-35(44)17-15-33(40)41)39(5,6)28-21-25(3)38(26(4)22-28)49-32-13-9-30(10-14-32)47-36(45)18-16-34(42)43;1-19-15-23(16-20(2)29(19)34-27-11-7-25(32)8-12-27)31(5,6)24-17-21(3)30(22(4)18-24)35-28-13-9-26(33)10-14-28;5-3-1-2-4(6)7-3/h7-14,19-22H,15-18H2,1-6H3,(H,40,41)(H,42,43);7-18,32-33H,1-6H3;1-2H2. The Morgan fingerprint density at radius 2 is 0.571 bits per heavy atom. The van der Waals surface area contributed by atoms with Gasteiger partial charge in [0.05, 0.1) is 38.5 Å². The normalized spacial score (nSPS) is 11.9. The highest BCUT2D eigenvalue weighted by Crippen LogP contribution is 2.43. The Balaban J connectivity index is 0.000000242. The molecule has 1 fully saturated rings. The van der Waals surface area contributed by atoms with E-state index in [-0.39, 0.29) is 60.9 Å². The molecular weight excluding hydrogens is 1160 g/mol. The van der Waals surface area contributed by atoms with E-state index in [4.69, 9.17) is 38.6 Å². The minimum atomic E-state index is -1.06. The fourth-order valence-electron chi connectivity index (χ4n) is 10.1. The monoisotopic (exact) mass is 1240 g/mol. The lowest BCUT2D eigenvalue weighted by Crippen LogP contribution is -2.20. The largest absolute Gasteiger partial charge is 0.508 e. The van der Waals surface area contributed by atoms with Crippen LogP contribution in [0, 0.1) is 55.4 Å². The molecule has 0 bridgehead atoms. The van der Waals surface area contributed by atoms with Crippen LogP contribution in [0.15, 0.2) is 146 Å². The first-order valence-corrected chi connectivity index (χ1v) is 29.5. The van der Waals surface area contributed by atoms with E-state index in [0.29, 0.717) is 34.5 Å². The van der Waals surface area contributed by atoms with Gasteiger partial charge < -0.3 is 53.6 Å². The maximum Gasteiger partial charge on any atom is 0.314 e. The van der Waals surface area contributed by atoms with Gasteiger partial charge in [-0.25, -0.2) is 0 Å². The van der Waals surface area contributed by atoms with Gasteiger partial charge >= 0.3 is 35.8 Å². The molecule has 4 N–H and O–H groups in total. The van der Waals surface area contributed by atoms with Gasteiger partial charge in [0.15, 0.2) is 0 Å². The van der Waals surface area contributed by atoms with E-state index < -0.39 is 35.8 Å². The van der Waals surface area contributed by atoms with Gasteiger partial charge in [-0.15, -0.1) is 0 Å². The van der Waals surface area contributed by atoms with Crippen LogP contribution in [0.25, 0.3) is 0 Å². The molecule has 91 heavy (non-hydrogen) atoms. The zero-order valence-electron chi connectivity index (χ0n) is 53.2. The van der Waals surface area contributed by atoms with E-state index in [1.165, 1.54) is 11.1 Å². The second-order valence-electron chi connectivity index (χ2n) is 23.4. The van der Waals surface area contributed by atoms with Crippen molar-refractivity contribution in [2.45, 2.75) is 132 Å². The number of hydrogen-bond donors (Lipinski definition) is 4. The number of aliphatic carboxylic acids is 2. The molecule has 0 aromatic heterocycles. The lowest BCUT2D eigenvalue weighted by molar-refractivity contribution is -0.152. The van der Waals surface area contributed by atoms with Crippen LogP contribution in [0.3, 0.4) is 0 Å². The van der Waals surface area contributed by atoms with Gasteiger partial charge in [0.1, 0.15) is 69.0 Å². The van der Waals surface area contributed by atoms with E-state index >= 15 is 0 Å². The van der Waals surface area contributed by atoms with Gasteiger partial charge in [-0.3, -0.25) is 28.8 Å². The summed E-state index contributed by atoms with van der Waals surface area (Å²) in [6, 6.07) is 44.0. The van der Waals surface area contributed by atoms with Crippen molar-refractivity contribution >= 4 is 35.8 Å². The van der Waals surface area contributed by atoms with Crippen LogP contribution >= 0.6 is 0 Å². The summed E-state index contributed by atoms with van der Waals surface area (Å²) in [5, 5.41) is 36.5. The number of carboxylic acids is 2. The highest BCUT2D eigenvalue weighted by atomic mass is 16.6. The lowest BCUT2D eigenvalue weighted by atomic mass is 9.76. The fourth-order valence-corrected chi connectivity index (χ4v) is 10.1. The molecule has 17 nitrogen and oxygen atoms in total. The van der Waals surface area contributed by atoms with Crippen LogP contribution in [0.5, 0.6) is 69.0 Å². The van der Waals surface area contributed by atoms with Gasteiger partial charge in [-0.2, -0.15) is 0 Å². The zero-order chi connectivity index (χ0) is 66.5. The van der Waals surface area contributed by atoms with Crippen LogP contribution in [-0.4, -0.2) is 56.2 Å². The summed E-state index contributed by atoms with van der Waals surface area (Å²) in [6.45, 7) is 25.0. The third-order valence-electron chi connectivity index (χ3n) is 15.2. The first-order valence-electron chi connectivity index (χ1n) is 29.5. The van der Waals surface area contributed by atoms with Crippen molar-refractivity contribution in [3.8, 4) is 69.0 Å². The van der Waals surface area contributed by atoms with Crippen molar-refractivity contribution in [3.05, 3.63) is 212 Å². The molecule has 0 aliphatic carbocycles. The van der Waals surface area contributed by atoms with Crippen molar-refractivity contribution in [1.82, 2.24) is 0 Å². The number of cyclic esters (lactones) is 2. The molecule has 1 aliphatic heterocycles. The molecule has 0 radical (unpaired) electrons. The van der Waals surface area contributed by atoms with Crippen molar-refractivity contribution in [1.29, 1.82) is 0 Å². The number of phenolic OH excluding ortho intramolecular Hbond substituents is 2. The van der Waals surface area contributed by atoms with E-state index in [1.54, 1.807) is 97.1 Å². The Labute approximate surface area is 529 Å². The smallest absolute Gasteiger partial charge is 0.314 e. The molecule has 0 atom stereocenters. The number of hydrogen-bond acceptors (Lipinski definition) is 15. The maximum absolute atomic E-state index is 11.8. The van der Waals surface area contributed by atoms with E-state index in [0.717, 1.165) is 78.6 Å². The molecule has 0 spiro atoms.